The average molecular weight is 734 g/mol. The van der Waals surface area contributed by atoms with Crippen molar-refractivity contribution in [2.45, 2.75) is 39.1 Å². The summed E-state index contributed by atoms with van der Waals surface area (Å²) in [5, 5.41) is 7.08. The van der Waals surface area contributed by atoms with Crippen molar-refractivity contribution in [2.75, 3.05) is 31.5 Å². The minimum Gasteiger partial charge on any atom is -0.444 e. The number of rotatable bonds is 4. The first-order valence-electron chi connectivity index (χ1n) is 16.5. The van der Waals surface area contributed by atoms with Crippen LogP contribution in [0.15, 0.2) is 78.9 Å². The van der Waals surface area contributed by atoms with Gasteiger partial charge in [0, 0.05) is 71.6 Å². The Bertz CT molecular complexity index is 2240. The largest absolute Gasteiger partial charge is 0.444 e. The van der Waals surface area contributed by atoms with Gasteiger partial charge in [0.15, 0.2) is 0 Å². The predicted molar refractivity (Wildman–Crippen MR) is 186 cm³/mol. The molecule has 8 nitrogen and oxygen atoms in total. The number of ether oxygens (including phenoxy) is 1. The molecule has 1 N–H and O–H groups in total. The number of benzene rings is 4. The number of nitrogens with one attached hydrogen (secondary N) is 1. The second-order valence-corrected chi connectivity index (χ2v) is 13.3. The molecule has 53 heavy (non-hydrogen) atoms. The highest BCUT2D eigenvalue weighted by molar-refractivity contribution is 5.95. The number of carbonyl (C=O) groups is 2. The third-order valence-corrected chi connectivity index (χ3v) is 8.31. The molecule has 0 saturated carbocycles. The molecule has 0 spiro atoms. The van der Waals surface area contributed by atoms with Gasteiger partial charge in [-0.25, -0.2) is 22.8 Å². The molecule has 2 heterocycles. The highest BCUT2D eigenvalue weighted by Gasteiger charge is 2.35. The molecule has 0 bridgehead atoms. The number of nitrogens with zero attached hydrogens (tertiary/aromatic N) is 4. The van der Waals surface area contributed by atoms with Crippen LogP contribution in [0.3, 0.4) is 0 Å². The van der Waals surface area contributed by atoms with Gasteiger partial charge in [0.1, 0.15) is 28.6 Å². The topological polar surface area (TPSA) is 79.7 Å². The van der Waals surface area contributed by atoms with Crippen LogP contribution in [0.2, 0.25) is 0 Å². The number of anilines is 1. The van der Waals surface area contributed by atoms with E-state index in [1.165, 1.54) is 12.1 Å². The lowest BCUT2D eigenvalue weighted by Crippen LogP contribution is -2.52. The molecule has 274 valence electrons. The van der Waals surface area contributed by atoms with Gasteiger partial charge in [0.05, 0.1) is 17.8 Å². The van der Waals surface area contributed by atoms with Crippen molar-refractivity contribution in [3.8, 4) is 23.1 Å². The van der Waals surface area contributed by atoms with Crippen molar-refractivity contribution >= 4 is 28.7 Å². The van der Waals surface area contributed by atoms with E-state index >= 15 is 0 Å². The fourth-order valence-corrected chi connectivity index (χ4v) is 5.86. The van der Waals surface area contributed by atoms with Gasteiger partial charge in [-0.1, -0.05) is 42.2 Å². The summed E-state index contributed by atoms with van der Waals surface area (Å²) in [4.78, 5) is 28.5. The second kappa shape index (κ2) is 14.6. The molecule has 6 rings (SSSR count). The summed E-state index contributed by atoms with van der Waals surface area (Å²) in [6, 6.07) is 17.5. The number of piperazine rings is 1. The van der Waals surface area contributed by atoms with Crippen molar-refractivity contribution in [1.82, 2.24) is 19.6 Å². The fraction of sp³-hybridized carbons (Fsp3) is 0.256. The minimum absolute atomic E-state index is 0.0857. The second-order valence-electron chi connectivity index (χ2n) is 13.3. The first-order valence-corrected chi connectivity index (χ1v) is 16.5. The van der Waals surface area contributed by atoms with Crippen LogP contribution < -0.4 is 5.32 Å². The SMILES string of the molecule is CC(C)(C)OC(=O)N1CCN(C(=O)Nc2cccc(C#Cc3cccc(-c4c5cccc(C(F)(F)F)c5nn4Cc4c(F)cc(F)cc4F)c3)c2)CC1. The Hall–Kier alpha value is -5.97. The van der Waals surface area contributed by atoms with E-state index < -0.39 is 58.5 Å². The van der Waals surface area contributed by atoms with E-state index in [0.29, 0.717) is 60.7 Å². The zero-order valence-electron chi connectivity index (χ0n) is 28.8. The molecule has 5 aromatic rings. The summed E-state index contributed by atoms with van der Waals surface area (Å²) in [7, 11) is 0. The number of aromatic nitrogens is 2. The Morgan fingerprint density at radius 3 is 2.06 bits per heavy atom. The highest BCUT2D eigenvalue weighted by atomic mass is 19.4. The molecule has 0 aliphatic carbocycles. The zero-order valence-corrected chi connectivity index (χ0v) is 28.8. The van der Waals surface area contributed by atoms with Crippen molar-refractivity contribution in [3.63, 3.8) is 0 Å². The van der Waals surface area contributed by atoms with Gasteiger partial charge in [-0.15, -0.1) is 0 Å². The maximum atomic E-state index is 14.7. The average Bonchev–Trinajstić information content (AvgIpc) is 3.46. The van der Waals surface area contributed by atoms with E-state index in [2.05, 4.69) is 22.3 Å². The third-order valence-electron chi connectivity index (χ3n) is 8.31. The first-order chi connectivity index (χ1) is 25.1. The lowest BCUT2D eigenvalue weighted by Gasteiger charge is -2.35. The predicted octanol–water partition coefficient (Wildman–Crippen LogP) is 8.67. The van der Waals surface area contributed by atoms with Gasteiger partial charge in [0.2, 0.25) is 0 Å². The Morgan fingerprint density at radius 2 is 1.42 bits per heavy atom. The van der Waals surface area contributed by atoms with Gasteiger partial charge in [0.25, 0.3) is 0 Å². The molecule has 0 unspecified atom stereocenters. The third kappa shape index (κ3) is 8.57. The van der Waals surface area contributed by atoms with Crippen molar-refractivity contribution in [1.29, 1.82) is 0 Å². The van der Waals surface area contributed by atoms with Gasteiger partial charge in [-0.05, 0) is 57.2 Å². The summed E-state index contributed by atoms with van der Waals surface area (Å²) in [5.74, 6) is 2.50. The Kier molecular flexibility index (Phi) is 10.1. The van der Waals surface area contributed by atoms with Crippen LogP contribution in [-0.2, 0) is 17.5 Å². The van der Waals surface area contributed by atoms with E-state index in [-0.39, 0.29) is 17.1 Å². The molecule has 14 heteroatoms. The van der Waals surface area contributed by atoms with Crippen LogP contribution in [-0.4, -0.2) is 63.5 Å². The number of hydrogen-bond acceptors (Lipinski definition) is 4. The molecular formula is C39H33F6N5O3. The lowest BCUT2D eigenvalue weighted by atomic mass is 10.0. The van der Waals surface area contributed by atoms with E-state index in [0.717, 1.165) is 10.7 Å². The normalized spacial score (nSPS) is 13.5. The van der Waals surface area contributed by atoms with Gasteiger partial charge < -0.3 is 19.9 Å². The van der Waals surface area contributed by atoms with Gasteiger partial charge in [-0.3, -0.25) is 4.68 Å². The summed E-state index contributed by atoms with van der Waals surface area (Å²) >= 11 is 0. The first kappa shape index (κ1) is 36.8. The summed E-state index contributed by atoms with van der Waals surface area (Å²) < 4.78 is 91.5. The minimum atomic E-state index is -4.76. The van der Waals surface area contributed by atoms with Crippen LogP contribution in [0.1, 0.15) is 43.0 Å². The molecule has 4 aromatic carbocycles. The highest BCUT2D eigenvalue weighted by Crippen LogP contribution is 2.38. The molecule has 1 aromatic heterocycles. The number of fused-ring (bicyclic) bond motifs is 1. The molecule has 0 radical (unpaired) electrons. The van der Waals surface area contributed by atoms with Gasteiger partial charge in [-0.2, -0.15) is 18.3 Å². The smallest absolute Gasteiger partial charge is 0.418 e. The Morgan fingerprint density at radius 1 is 0.811 bits per heavy atom. The molecule has 1 saturated heterocycles. The fourth-order valence-electron chi connectivity index (χ4n) is 5.86. The lowest BCUT2D eigenvalue weighted by molar-refractivity contribution is -0.136. The van der Waals surface area contributed by atoms with Crippen molar-refractivity contribution in [2.24, 2.45) is 0 Å². The number of alkyl halides is 3. The number of hydrogen-bond donors (Lipinski definition) is 1. The Labute approximate surface area is 300 Å². The molecular weight excluding hydrogens is 700 g/mol. The quantitative estimate of drug-likeness (QED) is 0.148. The van der Waals surface area contributed by atoms with E-state index in [9.17, 15) is 35.9 Å². The summed E-state index contributed by atoms with van der Waals surface area (Å²) in [6.07, 6.45) is -5.19. The Balaban J connectivity index is 1.24. The number of amides is 3. The van der Waals surface area contributed by atoms with Crippen LogP contribution >= 0.6 is 0 Å². The summed E-state index contributed by atoms with van der Waals surface area (Å²) in [5.41, 5.74) is -0.618. The number of carbonyl (C=O) groups excluding carboxylic acids is 2. The molecule has 0 atom stereocenters. The van der Waals surface area contributed by atoms with E-state index in [1.54, 1.807) is 79.1 Å². The van der Waals surface area contributed by atoms with Crippen LogP contribution in [0.25, 0.3) is 22.2 Å². The van der Waals surface area contributed by atoms with E-state index in [1.807, 2.05) is 0 Å². The van der Waals surface area contributed by atoms with Gasteiger partial charge >= 0.3 is 18.3 Å². The molecule has 1 aliphatic heterocycles. The number of urea groups is 1. The maximum Gasteiger partial charge on any atom is 0.418 e. The molecule has 1 aliphatic rings. The molecule has 3 amide bonds. The molecule has 1 fully saturated rings. The van der Waals surface area contributed by atoms with Crippen LogP contribution in [0.4, 0.5) is 41.6 Å². The van der Waals surface area contributed by atoms with Crippen LogP contribution in [0.5, 0.6) is 0 Å². The van der Waals surface area contributed by atoms with Crippen molar-refractivity contribution < 1.29 is 40.7 Å². The zero-order chi connectivity index (χ0) is 38.1. The maximum absolute atomic E-state index is 14.7. The standard InChI is InChI=1S/C39H33F6N5O3/c1-38(2,3)53-37(52)49-17-15-48(16-18-49)36(51)46-28-10-5-8-25(20-28)14-13-24-7-4-9-26(19-24)35-29-11-6-12-31(39(43,44)45)34(29)47-50(35)23-30-32(41)21-27(40)22-33(30)42/h4-12,19-22H,15-18,23H2,1-3H3,(H,46,51). The van der Waals surface area contributed by atoms with Crippen molar-refractivity contribution in [3.05, 3.63) is 119 Å². The van der Waals surface area contributed by atoms with Crippen LogP contribution in [0, 0.1) is 29.3 Å². The summed E-state index contributed by atoms with van der Waals surface area (Å²) in [6.45, 7) is 6.03. The monoisotopic (exact) mass is 733 g/mol. The van der Waals surface area contributed by atoms with E-state index in [4.69, 9.17) is 4.74 Å². The number of halogens is 6.